The number of ether oxygens (including phenoxy) is 1. The van der Waals surface area contributed by atoms with Gasteiger partial charge < -0.3 is 9.84 Å². The number of anilines is 2. The van der Waals surface area contributed by atoms with Crippen LogP contribution in [0.4, 0.5) is 10.8 Å². The van der Waals surface area contributed by atoms with Gasteiger partial charge in [-0.2, -0.15) is 0 Å². The first-order chi connectivity index (χ1) is 17.5. The van der Waals surface area contributed by atoms with Crippen molar-refractivity contribution in [2.75, 3.05) is 16.9 Å². The van der Waals surface area contributed by atoms with Crippen LogP contribution in [0.3, 0.4) is 0 Å². The summed E-state index contributed by atoms with van der Waals surface area (Å²) in [5.74, 6) is -0.969. The predicted octanol–water partition coefficient (Wildman–Crippen LogP) is 5.27. The van der Waals surface area contributed by atoms with Crippen molar-refractivity contribution in [3.05, 3.63) is 95.4 Å². The second kappa shape index (κ2) is 9.73. The van der Waals surface area contributed by atoms with Crippen LogP contribution in [-0.4, -0.2) is 34.1 Å². The lowest BCUT2D eigenvalue weighted by molar-refractivity contribution is -0.120. The molecule has 0 aliphatic carbocycles. The van der Waals surface area contributed by atoms with Crippen molar-refractivity contribution in [3.8, 4) is 22.8 Å². The highest BCUT2D eigenvalue weighted by molar-refractivity contribution is 7.81. The van der Waals surface area contributed by atoms with E-state index in [0.29, 0.717) is 22.1 Å². The monoisotopic (exact) mass is 513 g/mol. The molecule has 0 radical (unpaired) electrons. The van der Waals surface area contributed by atoms with Gasteiger partial charge in [0.2, 0.25) is 0 Å². The van der Waals surface area contributed by atoms with Gasteiger partial charge in [0, 0.05) is 10.9 Å². The molecule has 0 bridgehead atoms. The Morgan fingerprint density at radius 3 is 2.31 bits per heavy atom. The van der Waals surface area contributed by atoms with Crippen LogP contribution in [0.2, 0.25) is 0 Å². The van der Waals surface area contributed by atoms with Crippen molar-refractivity contribution in [1.82, 2.24) is 4.98 Å². The molecule has 1 aromatic heterocycles. The van der Waals surface area contributed by atoms with Gasteiger partial charge in [-0.05, 0) is 48.1 Å². The molecule has 0 spiro atoms. The van der Waals surface area contributed by atoms with Gasteiger partial charge in [0.1, 0.15) is 5.57 Å². The van der Waals surface area contributed by atoms with E-state index >= 15 is 0 Å². The molecule has 3 aromatic carbocycles. The smallest absolute Gasteiger partial charge is 0.272 e. The lowest BCUT2D eigenvalue weighted by Crippen LogP contribution is -2.56. The number of aromatic nitrogens is 1. The zero-order chi connectivity index (χ0) is 25.2. The number of thiocarbonyl (C=S) groups is 1. The summed E-state index contributed by atoms with van der Waals surface area (Å²) in [6, 6.07) is 23.1. The molecule has 7 nitrogen and oxygen atoms in total. The van der Waals surface area contributed by atoms with E-state index in [-0.39, 0.29) is 22.2 Å². The summed E-state index contributed by atoms with van der Waals surface area (Å²) >= 11 is 6.92. The first-order valence-corrected chi connectivity index (χ1v) is 12.1. The lowest BCUT2D eigenvalue weighted by atomic mass is 10.1. The molecule has 1 saturated heterocycles. The fourth-order valence-electron chi connectivity index (χ4n) is 3.76. The first kappa shape index (κ1) is 23.4. The summed E-state index contributed by atoms with van der Waals surface area (Å²) < 4.78 is 5.17. The van der Waals surface area contributed by atoms with E-state index in [1.165, 1.54) is 40.4 Å². The number of methoxy groups -OCH3 is 1. The lowest BCUT2D eigenvalue weighted by Gasteiger charge is -2.35. The molecule has 4 aromatic rings. The van der Waals surface area contributed by atoms with Gasteiger partial charge in [-0.3, -0.25) is 14.5 Å². The van der Waals surface area contributed by atoms with Crippen molar-refractivity contribution in [2.45, 2.75) is 0 Å². The van der Waals surface area contributed by atoms with Gasteiger partial charge in [-0.1, -0.05) is 54.6 Å². The molecule has 0 saturated carbocycles. The van der Waals surface area contributed by atoms with Crippen LogP contribution in [0.5, 0.6) is 11.5 Å². The molecule has 2 amide bonds. The second-order valence-corrected chi connectivity index (χ2v) is 8.97. The number of phenolic OH excluding ortho intramolecular Hbond substituents is 1. The van der Waals surface area contributed by atoms with Crippen molar-refractivity contribution in [3.63, 3.8) is 0 Å². The highest BCUT2D eigenvalue weighted by Gasteiger charge is 2.42. The standard InChI is InChI=1S/C27H19N3O4S2/c1-34-23-15-17(12-13-22(23)31)14-20-24(32)29(19-10-6-3-7-11-19)27(35)30(25(20)33)26-28-21(16-36-26)18-8-4-2-5-9-18/h2-16,31H,1H3/b20-14-. The van der Waals surface area contributed by atoms with Gasteiger partial charge in [0.15, 0.2) is 21.7 Å². The van der Waals surface area contributed by atoms with Crippen LogP contribution in [-0.2, 0) is 9.59 Å². The Hall–Kier alpha value is -4.34. The van der Waals surface area contributed by atoms with Gasteiger partial charge in [-0.15, -0.1) is 11.3 Å². The number of amides is 2. The second-order valence-electron chi connectivity index (χ2n) is 7.77. The van der Waals surface area contributed by atoms with Gasteiger partial charge in [-0.25, -0.2) is 9.88 Å². The topological polar surface area (TPSA) is 83.0 Å². The Bertz CT molecular complexity index is 1500. The Kier molecular flexibility index (Phi) is 6.32. The molecule has 1 N–H and O–H groups in total. The summed E-state index contributed by atoms with van der Waals surface area (Å²) in [6.45, 7) is 0. The fraction of sp³-hybridized carbons (Fsp3) is 0.0370. The van der Waals surface area contributed by atoms with Crippen LogP contribution < -0.4 is 14.5 Å². The van der Waals surface area contributed by atoms with E-state index in [9.17, 15) is 14.7 Å². The van der Waals surface area contributed by atoms with Gasteiger partial charge in [0.05, 0.1) is 18.5 Å². The maximum atomic E-state index is 13.7. The molecular formula is C27H19N3O4S2. The van der Waals surface area contributed by atoms with E-state index in [2.05, 4.69) is 4.98 Å². The number of hydrogen-bond acceptors (Lipinski definition) is 7. The third-order valence-corrected chi connectivity index (χ3v) is 6.72. The summed E-state index contributed by atoms with van der Waals surface area (Å²) in [4.78, 5) is 34.6. The van der Waals surface area contributed by atoms with Crippen LogP contribution in [0.15, 0.2) is 89.8 Å². The van der Waals surface area contributed by atoms with E-state index in [4.69, 9.17) is 17.0 Å². The minimum atomic E-state index is -0.585. The molecule has 1 aliphatic rings. The average Bonchev–Trinajstić information content (AvgIpc) is 3.38. The number of phenols is 1. The third-order valence-electron chi connectivity index (χ3n) is 5.53. The Labute approximate surface area is 216 Å². The number of rotatable bonds is 5. The van der Waals surface area contributed by atoms with Crippen molar-refractivity contribution < 1.29 is 19.4 Å². The van der Waals surface area contributed by atoms with Crippen molar-refractivity contribution in [1.29, 1.82) is 0 Å². The number of thiazole rings is 1. The highest BCUT2D eigenvalue weighted by atomic mass is 32.1. The van der Waals surface area contributed by atoms with Crippen LogP contribution in [0, 0.1) is 0 Å². The number of nitrogens with zero attached hydrogens (tertiary/aromatic N) is 3. The number of para-hydroxylation sites is 1. The van der Waals surface area contributed by atoms with Crippen LogP contribution in [0.25, 0.3) is 17.3 Å². The average molecular weight is 514 g/mol. The maximum absolute atomic E-state index is 13.7. The van der Waals surface area contributed by atoms with E-state index in [1.54, 1.807) is 36.4 Å². The summed E-state index contributed by atoms with van der Waals surface area (Å²) in [7, 11) is 1.42. The van der Waals surface area contributed by atoms with Crippen LogP contribution >= 0.6 is 23.6 Å². The van der Waals surface area contributed by atoms with E-state index in [0.717, 1.165) is 5.56 Å². The number of benzene rings is 3. The zero-order valence-electron chi connectivity index (χ0n) is 19.0. The molecule has 2 heterocycles. The minimum Gasteiger partial charge on any atom is -0.504 e. The number of aromatic hydroxyl groups is 1. The molecular weight excluding hydrogens is 494 g/mol. The third kappa shape index (κ3) is 4.26. The minimum absolute atomic E-state index is 0.0191. The number of carbonyl (C=O) groups is 2. The highest BCUT2D eigenvalue weighted by Crippen LogP contribution is 2.34. The van der Waals surface area contributed by atoms with E-state index in [1.807, 2.05) is 41.8 Å². The summed E-state index contributed by atoms with van der Waals surface area (Å²) in [5.41, 5.74) is 2.53. The number of hydrogen-bond donors (Lipinski definition) is 1. The van der Waals surface area contributed by atoms with Crippen LogP contribution in [0.1, 0.15) is 5.56 Å². The summed E-state index contributed by atoms with van der Waals surface area (Å²) in [5, 5.41) is 12.2. The molecule has 0 unspecified atom stereocenters. The quantitative estimate of drug-likeness (QED) is 0.222. The van der Waals surface area contributed by atoms with Gasteiger partial charge in [0.25, 0.3) is 11.8 Å². The molecule has 1 aliphatic heterocycles. The first-order valence-electron chi connectivity index (χ1n) is 10.9. The number of carbonyl (C=O) groups excluding carboxylic acids is 2. The molecule has 9 heteroatoms. The normalized spacial score (nSPS) is 15.0. The fourth-order valence-corrected chi connectivity index (χ4v) is 5.01. The Balaban J connectivity index is 1.62. The zero-order valence-corrected chi connectivity index (χ0v) is 20.6. The predicted molar refractivity (Wildman–Crippen MR) is 144 cm³/mol. The molecule has 178 valence electrons. The molecule has 36 heavy (non-hydrogen) atoms. The summed E-state index contributed by atoms with van der Waals surface area (Å²) in [6.07, 6.45) is 1.46. The van der Waals surface area contributed by atoms with Crippen molar-refractivity contribution >= 4 is 57.4 Å². The van der Waals surface area contributed by atoms with Gasteiger partial charge >= 0.3 is 0 Å². The SMILES string of the molecule is COc1cc(/C=C2/C(=O)N(c3ccccc3)C(=S)N(c3nc(-c4ccccc4)cs3)C2=O)ccc1O. The molecule has 0 atom stereocenters. The largest absolute Gasteiger partial charge is 0.504 e. The molecule has 1 fully saturated rings. The van der Waals surface area contributed by atoms with Crippen molar-refractivity contribution in [2.24, 2.45) is 0 Å². The molecule has 5 rings (SSSR count). The maximum Gasteiger partial charge on any atom is 0.272 e. The Morgan fingerprint density at radius 2 is 1.61 bits per heavy atom. The van der Waals surface area contributed by atoms with E-state index < -0.39 is 11.8 Å². The Morgan fingerprint density at radius 1 is 0.944 bits per heavy atom.